The summed E-state index contributed by atoms with van der Waals surface area (Å²) >= 11 is 0. The molecule has 2 aliphatic rings. The maximum Gasteiger partial charge on any atom is 0.0284 e. The van der Waals surface area contributed by atoms with E-state index in [1.54, 1.807) is 0 Å². The molecule has 2 nitrogen and oxygen atoms in total. The molecular formula is C7H16Cl2N2. The van der Waals surface area contributed by atoms with Crippen molar-refractivity contribution in [2.45, 2.75) is 24.8 Å². The lowest BCUT2D eigenvalue weighted by molar-refractivity contribution is 0.329. The van der Waals surface area contributed by atoms with Gasteiger partial charge in [-0.1, -0.05) is 0 Å². The molecule has 1 heterocycles. The first-order valence-corrected chi connectivity index (χ1v) is 3.78. The van der Waals surface area contributed by atoms with Crippen molar-refractivity contribution in [1.29, 1.82) is 0 Å². The third kappa shape index (κ3) is 2.22. The number of nitrogens with one attached hydrogen (secondary N) is 1. The molecule has 0 spiro atoms. The van der Waals surface area contributed by atoms with Gasteiger partial charge in [-0.25, -0.2) is 0 Å². The Labute approximate surface area is 80.1 Å². The van der Waals surface area contributed by atoms with Crippen molar-refractivity contribution < 1.29 is 0 Å². The van der Waals surface area contributed by atoms with Crippen LogP contribution >= 0.6 is 24.8 Å². The lowest BCUT2D eigenvalue weighted by Gasteiger charge is -2.29. The average molecular weight is 199 g/mol. The van der Waals surface area contributed by atoms with E-state index in [9.17, 15) is 0 Å². The second kappa shape index (κ2) is 3.94. The van der Waals surface area contributed by atoms with Gasteiger partial charge in [0.25, 0.3) is 0 Å². The molecule has 2 bridgehead atoms. The molecule has 0 radical (unpaired) electrons. The first-order valence-electron chi connectivity index (χ1n) is 3.78. The molecule has 1 aliphatic carbocycles. The third-order valence-corrected chi connectivity index (χ3v) is 2.66. The van der Waals surface area contributed by atoms with Crippen LogP contribution < -0.4 is 11.1 Å². The van der Waals surface area contributed by atoms with Crippen LogP contribution in [0, 0.1) is 5.92 Å². The van der Waals surface area contributed by atoms with Gasteiger partial charge in [0.2, 0.25) is 0 Å². The van der Waals surface area contributed by atoms with Crippen LogP contribution in [0.1, 0.15) is 19.3 Å². The standard InChI is InChI=1S/C7H14N2.2ClH/c8-7-2-1-6(3-7)4-9-5-7;;/h6,9H,1-5,8H2;2*1H. The van der Waals surface area contributed by atoms with Gasteiger partial charge >= 0.3 is 0 Å². The molecule has 1 saturated heterocycles. The highest BCUT2D eigenvalue weighted by Crippen LogP contribution is 2.34. The molecule has 1 aliphatic heterocycles. The quantitative estimate of drug-likeness (QED) is 0.609. The van der Waals surface area contributed by atoms with Crippen molar-refractivity contribution in [2.24, 2.45) is 11.7 Å². The van der Waals surface area contributed by atoms with E-state index in [4.69, 9.17) is 5.73 Å². The fourth-order valence-corrected chi connectivity index (χ4v) is 2.13. The zero-order chi connectivity index (χ0) is 6.32. The third-order valence-electron chi connectivity index (χ3n) is 2.66. The summed E-state index contributed by atoms with van der Waals surface area (Å²) in [5.41, 5.74) is 6.22. The predicted molar refractivity (Wildman–Crippen MR) is 51.6 cm³/mol. The average Bonchev–Trinajstić information content (AvgIpc) is 2.07. The summed E-state index contributed by atoms with van der Waals surface area (Å²) in [5, 5.41) is 3.36. The topological polar surface area (TPSA) is 38.0 Å². The minimum atomic E-state index is 0. The smallest absolute Gasteiger partial charge is 0.0284 e. The summed E-state index contributed by atoms with van der Waals surface area (Å²) in [6.45, 7) is 2.25. The SMILES string of the molecule is Cl.Cl.NC12CCC(CNC1)C2. The van der Waals surface area contributed by atoms with E-state index in [2.05, 4.69) is 5.32 Å². The summed E-state index contributed by atoms with van der Waals surface area (Å²) in [6.07, 6.45) is 3.86. The van der Waals surface area contributed by atoms with Gasteiger partial charge in [-0.2, -0.15) is 0 Å². The second-order valence-corrected chi connectivity index (χ2v) is 3.60. The monoisotopic (exact) mass is 198 g/mol. The summed E-state index contributed by atoms with van der Waals surface area (Å²) in [6, 6.07) is 0. The highest BCUT2D eigenvalue weighted by atomic mass is 35.5. The number of rotatable bonds is 0. The molecule has 2 atom stereocenters. The Hall–Kier alpha value is 0.500. The van der Waals surface area contributed by atoms with Crippen molar-refractivity contribution in [3.63, 3.8) is 0 Å². The Bertz CT molecular complexity index is 128. The molecule has 2 fully saturated rings. The summed E-state index contributed by atoms with van der Waals surface area (Å²) in [4.78, 5) is 0. The molecule has 2 unspecified atom stereocenters. The molecule has 1 saturated carbocycles. The summed E-state index contributed by atoms with van der Waals surface area (Å²) < 4.78 is 0. The number of hydrogen-bond donors (Lipinski definition) is 2. The molecule has 11 heavy (non-hydrogen) atoms. The van der Waals surface area contributed by atoms with Crippen molar-refractivity contribution in [2.75, 3.05) is 13.1 Å². The van der Waals surface area contributed by atoms with E-state index in [1.165, 1.54) is 25.8 Å². The van der Waals surface area contributed by atoms with Crippen LogP contribution in [0.25, 0.3) is 0 Å². The molecule has 0 aromatic heterocycles. The Morgan fingerprint density at radius 3 is 2.64 bits per heavy atom. The normalized spacial score (nSPS) is 40.6. The van der Waals surface area contributed by atoms with E-state index < -0.39 is 0 Å². The van der Waals surface area contributed by atoms with Gasteiger partial charge in [-0.15, -0.1) is 24.8 Å². The van der Waals surface area contributed by atoms with Crippen LogP contribution in [-0.2, 0) is 0 Å². The van der Waals surface area contributed by atoms with Crippen molar-refractivity contribution in [3.05, 3.63) is 0 Å². The molecule has 0 amide bonds. The van der Waals surface area contributed by atoms with Gasteiger partial charge in [0.15, 0.2) is 0 Å². The minimum absolute atomic E-state index is 0. The maximum atomic E-state index is 6.04. The number of halogens is 2. The second-order valence-electron chi connectivity index (χ2n) is 3.60. The Morgan fingerprint density at radius 1 is 1.36 bits per heavy atom. The number of piperidine rings is 1. The van der Waals surface area contributed by atoms with Gasteiger partial charge in [0, 0.05) is 12.1 Å². The van der Waals surface area contributed by atoms with E-state index >= 15 is 0 Å². The summed E-state index contributed by atoms with van der Waals surface area (Å²) in [5.74, 6) is 0.892. The van der Waals surface area contributed by atoms with Crippen LogP contribution in [0.4, 0.5) is 0 Å². The van der Waals surface area contributed by atoms with Gasteiger partial charge in [0.1, 0.15) is 0 Å². The van der Waals surface area contributed by atoms with Crippen LogP contribution in [0.2, 0.25) is 0 Å². The maximum absolute atomic E-state index is 6.04. The molecule has 0 aromatic carbocycles. The summed E-state index contributed by atoms with van der Waals surface area (Å²) in [7, 11) is 0. The fourth-order valence-electron chi connectivity index (χ4n) is 2.13. The zero-order valence-electron chi connectivity index (χ0n) is 6.51. The number of nitrogens with two attached hydrogens (primary N) is 1. The van der Waals surface area contributed by atoms with Crippen LogP contribution in [0.3, 0.4) is 0 Å². The molecule has 4 heteroatoms. The van der Waals surface area contributed by atoms with Crippen LogP contribution in [0.15, 0.2) is 0 Å². The molecular weight excluding hydrogens is 183 g/mol. The lowest BCUT2D eigenvalue weighted by Crippen LogP contribution is -2.50. The largest absolute Gasteiger partial charge is 0.324 e. The van der Waals surface area contributed by atoms with Crippen LogP contribution in [0.5, 0.6) is 0 Å². The van der Waals surface area contributed by atoms with Crippen LogP contribution in [-0.4, -0.2) is 18.6 Å². The highest BCUT2D eigenvalue weighted by Gasteiger charge is 2.38. The van der Waals surface area contributed by atoms with Gasteiger partial charge in [-0.05, 0) is 31.7 Å². The predicted octanol–water partition coefficient (Wildman–Crippen LogP) is 0.931. The van der Waals surface area contributed by atoms with Crippen molar-refractivity contribution in [1.82, 2.24) is 5.32 Å². The molecule has 0 aromatic rings. The van der Waals surface area contributed by atoms with Crippen molar-refractivity contribution >= 4 is 24.8 Å². The number of fused-ring (bicyclic) bond motifs is 2. The Balaban J connectivity index is 0.000000500. The minimum Gasteiger partial charge on any atom is -0.324 e. The van der Waals surface area contributed by atoms with E-state index in [1.807, 2.05) is 0 Å². The lowest BCUT2D eigenvalue weighted by atomic mass is 9.94. The Kier molecular flexibility index (Phi) is 4.12. The van der Waals surface area contributed by atoms with Gasteiger partial charge in [0.05, 0.1) is 0 Å². The van der Waals surface area contributed by atoms with E-state index in [0.717, 1.165) is 12.5 Å². The molecule has 3 N–H and O–H groups in total. The first-order chi connectivity index (χ1) is 4.29. The number of hydrogen-bond acceptors (Lipinski definition) is 2. The van der Waals surface area contributed by atoms with Gasteiger partial charge in [-0.3, -0.25) is 0 Å². The van der Waals surface area contributed by atoms with E-state index in [-0.39, 0.29) is 30.4 Å². The fraction of sp³-hybridized carbons (Fsp3) is 1.00. The highest BCUT2D eigenvalue weighted by molar-refractivity contribution is 5.85. The van der Waals surface area contributed by atoms with Gasteiger partial charge < -0.3 is 11.1 Å². The zero-order valence-corrected chi connectivity index (χ0v) is 8.14. The Morgan fingerprint density at radius 2 is 2.09 bits per heavy atom. The molecule has 68 valence electrons. The van der Waals surface area contributed by atoms with Crippen molar-refractivity contribution in [3.8, 4) is 0 Å². The first kappa shape index (κ1) is 11.5. The molecule has 2 rings (SSSR count). The van der Waals surface area contributed by atoms with E-state index in [0.29, 0.717) is 0 Å².